The van der Waals surface area contributed by atoms with Crippen LogP contribution in [0.1, 0.15) is 29.7 Å². The first kappa shape index (κ1) is 21.0. The number of nitrogens with zero attached hydrogens (tertiary/aromatic N) is 4. The SMILES string of the molecule is CCOC(=O)c1ccc(Nc2nc(N)c3ncn([C@@H]4C[C@H](CO)[C@@H](O)[C@H]4O)c3n2)cc1. The Labute approximate surface area is 177 Å². The van der Waals surface area contributed by atoms with Crippen LogP contribution in [0.3, 0.4) is 0 Å². The number of nitrogens with two attached hydrogens (primary N) is 1. The van der Waals surface area contributed by atoms with Gasteiger partial charge in [-0.25, -0.2) is 9.78 Å². The maximum atomic E-state index is 11.8. The maximum Gasteiger partial charge on any atom is 0.338 e. The fraction of sp³-hybridized carbons (Fsp3) is 0.400. The molecule has 4 atom stereocenters. The summed E-state index contributed by atoms with van der Waals surface area (Å²) in [6.07, 6.45) is -0.250. The Morgan fingerprint density at radius 3 is 2.65 bits per heavy atom. The molecular weight excluding hydrogens is 404 g/mol. The molecule has 0 spiro atoms. The summed E-state index contributed by atoms with van der Waals surface area (Å²) in [6.45, 7) is 1.81. The number of rotatable bonds is 6. The summed E-state index contributed by atoms with van der Waals surface area (Å²) in [5.41, 5.74) is 7.88. The largest absolute Gasteiger partial charge is 0.462 e. The Morgan fingerprint density at radius 2 is 2.00 bits per heavy atom. The van der Waals surface area contributed by atoms with Crippen molar-refractivity contribution in [1.82, 2.24) is 19.5 Å². The van der Waals surface area contributed by atoms with Crippen molar-refractivity contribution in [2.75, 3.05) is 24.3 Å². The number of hydrogen-bond donors (Lipinski definition) is 5. The number of fused-ring (bicyclic) bond motifs is 1. The molecule has 3 aromatic rings. The minimum absolute atomic E-state index is 0.154. The van der Waals surface area contributed by atoms with Crippen LogP contribution < -0.4 is 11.1 Å². The maximum absolute atomic E-state index is 11.8. The Morgan fingerprint density at radius 1 is 1.26 bits per heavy atom. The molecule has 2 aromatic heterocycles. The van der Waals surface area contributed by atoms with Gasteiger partial charge in [0.15, 0.2) is 11.5 Å². The highest BCUT2D eigenvalue weighted by molar-refractivity contribution is 5.90. The Bertz CT molecular complexity index is 1090. The molecule has 164 valence electrons. The number of hydrogen-bond acceptors (Lipinski definition) is 10. The number of nitrogens with one attached hydrogen (secondary N) is 1. The first-order chi connectivity index (χ1) is 14.9. The first-order valence-electron chi connectivity index (χ1n) is 9.94. The van der Waals surface area contributed by atoms with E-state index in [4.69, 9.17) is 10.5 Å². The van der Waals surface area contributed by atoms with Gasteiger partial charge >= 0.3 is 5.97 Å². The topological polar surface area (TPSA) is 169 Å². The van der Waals surface area contributed by atoms with Crippen LogP contribution in [-0.4, -0.2) is 66.2 Å². The average molecular weight is 428 g/mol. The van der Waals surface area contributed by atoms with Crippen molar-refractivity contribution in [3.05, 3.63) is 36.2 Å². The van der Waals surface area contributed by atoms with E-state index in [2.05, 4.69) is 20.3 Å². The summed E-state index contributed by atoms with van der Waals surface area (Å²) in [6, 6.07) is 6.12. The van der Waals surface area contributed by atoms with Crippen LogP contribution in [0.2, 0.25) is 0 Å². The molecule has 31 heavy (non-hydrogen) atoms. The van der Waals surface area contributed by atoms with Gasteiger partial charge in [-0.15, -0.1) is 0 Å². The van der Waals surface area contributed by atoms with Crippen molar-refractivity contribution in [3.63, 3.8) is 0 Å². The normalized spacial score (nSPS) is 23.2. The van der Waals surface area contributed by atoms with Crippen LogP contribution in [0.4, 0.5) is 17.5 Å². The number of anilines is 3. The standard InChI is InChI=1S/C20H24N6O5/c1-2-31-19(30)10-3-5-12(6-4-10)23-20-24-17(21)14-18(25-20)26(9-22-14)13-7-11(8-27)15(28)16(13)29/h3-6,9,11,13,15-16,27-29H,2,7-8H2,1H3,(H3,21,23,24,25)/t11-,13-,15-,16+/m1/s1. The molecular formula is C20H24N6O5. The summed E-state index contributed by atoms with van der Waals surface area (Å²) in [7, 11) is 0. The number of nitrogen functional groups attached to an aromatic ring is 1. The predicted molar refractivity (Wildman–Crippen MR) is 112 cm³/mol. The van der Waals surface area contributed by atoms with E-state index in [9.17, 15) is 20.1 Å². The smallest absolute Gasteiger partial charge is 0.338 e. The minimum Gasteiger partial charge on any atom is -0.462 e. The number of esters is 1. The van der Waals surface area contributed by atoms with Crippen molar-refractivity contribution in [2.24, 2.45) is 5.92 Å². The van der Waals surface area contributed by atoms with Gasteiger partial charge in [0, 0.05) is 18.2 Å². The lowest BCUT2D eigenvalue weighted by Crippen LogP contribution is -2.30. The van der Waals surface area contributed by atoms with Gasteiger partial charge in [0.25, 0.3) is 0 Å². The van der Waals surface area contributed by atoms with E-state index in [1.54, 1.807) is 35.8 Å². The van der Waals surface area contributed by atoms with Gasteiger partial charge in [0.05, 0.1) is 30.6 Å². The van der Waals surface area contributed by atoms with Crippen molar-refractivity contribution < 1.29 is 24.9 Å². The molecule has 2 heterocycles. The molecule has 1 saturated carbocycles. The van der Waals surface area contributed by atoms with Gasteiger partial charge in [-0.2, -0.15) is 9.97 Å². The molecule has 0 aliphatic heterocycles. The van der Waals surface area contributed by atoms with Crippen molar-refractivity contribution >= 4 is 34.6 Å². The molecule has 0 bridgehead atoms. The van der Waals surface area contributed by atoms with E-state index in [1.165, 1.54) is 6.33 Å². The third kappa shape index (κ3) is 3.90. The third-order valence-electron chi connectivity index (χ3n) is 5.46. The van der Waals surface area contributed by atoms with Crippen LogP contribution in [0.5, 0.6) is 0 Å². The van der Waals surface area contributed by atoms with E-state index in [0.29, 0.717) is 35.4 Å². The number of carbonyl (C=O) groups is 1. The molecule has 0 unspecified atom stereocenters. The zero-order valence-electron chi connectivity index (χ0n) is 16.8. The number of aromatic nitrogens is 4. The second kappa shape index (κ2) is 8.46. The van der Waals surface area contributed by atoms with Gasteiger partial charge in [0.1, 0.15) is 11.6 Å². The van der Waals surface area contributed by atoms with Crippen molar-refractivity contribution in [3.8, 4) is 0 Å². The number of ether oxygens (including phenoxy) is 1. The van der Waals surface area contributed by atoms with E-state index >= 15 is 0 Å². The quantitative estimate of drug-likeness (QED) is 0.351. The summed E-state index contributed by atoms with van der Waals surface area (Å²) in [5, 5.41) is 33.1. The lowest BCUT2D eigenvalue weighted by atomic mass is 10.1. The molecule has 1 aliphatic rings. The number of imidazole rings is 1. The Kier molecular flexibility index (Phi) is 5.72. The molecule has 11 nitrogen and oxygen atoms in total. The molecule has 1 fully saturated rings. The molecule has 6 N–H and O–H groups in total. The molecule has 1 aliphatic carbocycles. The van der Waals surface area contributed by atoms with Gasteiger partial charge < -0.3 is 35.7 Å². The van der Waals surface area contributed by atoms with E-state index in [1.807, 2.05) is 0 Å². The van der Waals surface area contributed by atoms with Crippen LogP contribution in [0.25, 0.3) is 11.2 Å². The highest BCUT2D eigenvalue weighted by atomic mass is 16.5. The predicted octanol–water partition coefficient (Wildman–Crippen LogP) is 0.604. The lowest BCUT2D eigenvalue weighted by molar-refractivity contribution is -0.00370. The minimum atomic E-state index is -1.07. The van der Waals surface area contributed by atoms with Crippen LogP contribution in [0, 0.1) is 5.92 Å². The second-order valence-corrected chi connectivity index (χ2v) is 7.41. The number of benzene rings is 1. The first-order valence-corrected chi connectivity index (χ1v) is 9.94. The second-order valence-electron chi connectivity index (χ2n) is 7.41. The van der Waals surface area contributed by atoms with Crippen LogP contribution in [-0.2, 0) is 4.74 Å². The van der Waals surface area contributed by atoms with E-state index in [-0.39, 0.29) is 18.4 Å². The summed E-state index contributed by atoms with van der Waals surface area (Å²) in [5.74, 6) is -0.478. The van der Waals surface area contributed by atoms with Crippen molar-refractivity contribution in [1.29, 1.82) is 0 Å². The Balaban J connectivity index is 1.62. The van der Waals surface area contributed by atoms with Gasteiger partial charge in [-0.05, 0) is 37.6 Å². The zero-order valence-corrected chi connectivity index (χ0v) is 16.8. The van der Waals surface area contributed by atoms with Crippen LogP contribution >= 0.6 is 0 Å². The molecule has 4 rings (SSSR count). The zero-order chi connectivity index (χ0) is 22.1. The van der Waals surface area contributed by atoms with E-state index < -0.39 is 30.1 Å². The molecule has 0 amide bonds. The van der Waals surface area contributed by atoms with Gasteiger partial charge in [-0.1, -0.05) is 0 Å². The Hall–Kier alpha value is -3.28. The summed E-state index contributed by atoms with van der Waals surface area (Å²) in [4.78, 5) is 24.7. The fourth-order valence-electron chi connectivity index (χ4n) is 3.83. The summed E-state index contributed by atoms with van der Waals surface area (Å²) < 4.78 is 6.62. The average Bonchev–Trinajstić information content (AvgIpc) is 3.30. The monoisotopic (exact) mass is 428 g/mol. The highest BCUT2D eigenvalue weighted by Crippen LogP contribution is 2.37. The third-order valence-corrected chi connectivity index (χ3v) is 5.46. The molecule has 1 aromatic carbocycles. The molecule has 0 radical (unpaired) electrons. The van der Waals surface area contributed by atoms with Crippen molar-refractivity contribution in [2.45, 2.75) is 31.6 Å². The number of carbonyl (C=O) groups excluding carboxylic acids is 1. The number of aliphatic hydroxyl groups is 3. The summed E-state index contributed by atoms with van der Waals surface area (Å²) >= 11 is 0. The van der Waals surface area contributed by atoms with E-state index in [0.717, 1.165) is 0 Å². The molecule has 0 saturated heterocycles. The fourth-order valence-corrected chi connectivity index (χ4v) is 3.83. The van der Waals surface area contributed by atoms with Gasteiger partial charge in [0.2, 0.25) is 5.95 Å². The number of aliphatic hydroxyl groups excluding tert-OH is 3. The lowest BCUT2D eigenvalue weighted by Gasteiger charge is -2.18. The molecule has 11 heteroatoms. The highest BCUT2D eigenvalue weighted by Gasteiger charge is 2.42. The van der Waals surface area contributed by atoms with Crippen LogP contribution in [0.15, 0.2) is 30.6 Å². The van der Waals surface area contributed by atoms with Gasteiger partial charge in [-0.3, -0.25) is 0 Å².